The number of aliphatic hydroxyl groups excluding tert-OH is 1. The van der Waals surface area contributed by atoms with Gasteiger partial charge in [-0.15, -0.1) is 0 Å². The summed E-state index contributed by atoms with van der Waals surface area (Å²) in [5.74, 6) is 0. The van der Waals surface area contributed by atoms with E-state index >= 15 is 0 Å². The molecule has 2 N–H and O–H groups in total. The Hall–Kier alpha value is -0.810. The van der Waals surface area contributed by atoms with Crippen LogP contribution in [0.15, 0.2) is 0 Å². The van der Waals surface area contributed by atoms with E-state index in [0.29, 0.717) is 26.1 Å². The van der Waals surface area contributed by atoms with E-state index in [4.69, 9.17) is 9.47 Å². The molecule has 0 aromatic rings. The van der Waals surface area contributed by atoms with Gasteiger partial charge in [-0.2, -0.15) is 0 Å². The normalized spacial score (nSPS) is 27.0. The molecule has 1 rings (SSSR count). The van der Waals surface area contributed by atoms with Gasteiger partial charge in [0.05, 0.1) is 25.4 Å². The first-order chi connectivity index (χ1) is 7.37. The van der Waals surface area contributed by atoms with Crippen molar-refractivity contribution < 1.29 is 19.4 Å². The van der Waals surface area contributed by atoms with E-state index < -0.39 is 17.8 Å². The Bertz CT molecular complexity index is 237. The van der Waals surface area contributed by atoms with Crippen LogP contribution in [-0.4, -0.2) is 42.2 Å². The summed E-state index contributed by atoms with van der Waals surface area (Å²) in [6.07, 6.45) is 0.490. The molecule has 0 aromatic carbocycles. The molecule has 1 amide bonds. The third-order valence-electron chi connectivity index (χ3n) is 2.20. The number of hydrogen-bond acceptors (Lipinski definition) is 4. The van der Waals surface area contributed by atoms with Gasteiger partial charge in [0, 0.05) is 0 Å². The number of nitrogens with one attached hydrogen (secondary N) is 1. The first-order valence-electron chi connectivity index (χ1n) is 5.62. The highest BCUT2D eigenvalue weighted by atomic mass is 16.6. The molecule has 0 unspecified atom stereocenters. The molecule has 0 spiro atoms. The van der Waals surface area contributed by atoms with E-state index in [0.717, 1.165) is 0 Å². The lowest BCUT2D eigenvalue weighted by Gasteiger charge is -2.22. The zero-order valence-electron chi connectivity index (χ0n) is 10.2. The van der Waals surface area contributed by atoms with Gasteiger partial charge < -0.3 is 19.9 Å². The van der Waals surface area contributed by atoms with Crippen LogP contribution in [0.5, 0.6) is 0 Å². The number of carbonyl (C=O) groups excluding carboxylic acids is 1. The van der Waals surface area contributed by atoms with Gasteiger partial charge in [0.25, 0.3) is 0 Å². The summed E-state index contributed by atoms with van der Waals surface area (Å²) < 4.78 is 10.4. The molecule has 1 fully saturated rings. The second kappa shape index (κ2) is 5.50. The average molecular weight is 231 g/mol. The molecule has 1 aliphatic heterocycles. The third-order valence-corrected chi connectivity index (χ3v) is 2.20. The van der Waals surface area contributed by atoms with Gasteiger partial charge in [-0.3, -0.25) is 0 Å². The largest absolute Gasteiger partial charge is 0.444 e. The molecule has 16 heavy (non-hydrogen) atoms. The Morgan fingerprint density at radius 2 is 2.06 bits per heavy atom. The van der Waals surface area contributed by atoms with Gasteiger partial charge >= 0.3 is 6.09 Å². The van der Waals surface area contributed by atoms with Crippen molar-refractivity contribution in [3.8, 4) is 0 Å². The highest BCUT2D eigenvalue weighted by Crippen LogP contribution is 2.11. The van der Waals surface area contributed by atoms with E-state index in [2.05, 4.69) is 5.32 Å². The summed E-state index contributed by atoms with van der Waals surface area (Å²) in [6.45, 7) is 6.22. The van der Waals surface area contributed by atoms with Gasteiger partial charge in [0.15, 0.2) is 0 Å². The second-order valence-corrected chi connectivity index (χ2v) is 5.11. The maximum Gasteiger partial charge on any atom is 0.407 e. The first kappa shape index (κ1) is 13.3. The van der Waals surface area contributed by atoms with Crippen LogP contribution in [-0.2, 0) is 9.47 Å². The average Bonchev–Trinajstić information content (AvgIpc) is 2.27. The lowest BCUT2D eigenvalue weighted by atomic mass is 10.1. The van der Waals surface area contributed by atoms with Crippen LogP contribution in [0, 0.1) is 0 Å². The second-order valence-electron chi connectivity index (χ2n) is 5.11. The highest BCUT2D eigenvalue weighted by molar-refractivity contribution is 5.68. The number of carbonyl (C=O) groups is 1. The number of ether oxygens (including phenoxy) is 2. The van der Waals surface area contributed by atoms with Gasteiger partial charge in [-0.05, 0) is 33.6 Å². The Kier molecular flexibility index (Phi) is 4.56. The summed E-state index contributed by atoms with van der Waals surface area (Å²) in [7, 11) is 0. The fourth-order valence-electron chi connectivity index (χ4n) is 1.49. The van der Waals surface area contributed by atoms with Crippen LogP contribution in [0.1, 0.15) is 33.6 Å². The summed E-state index contributed by atoms with van der Waals surface area (Å²) in [5, 5.41) is 12.1. The van der Waals surface area contributed by atoms with Crippen LogP contribution >= 0.6 is 0 Å². The van der Waals surface area contributed by atoms with Crippen LogP contribution in [0.4, 0.5) is 4.79 Å². The van der Waals surface area contributed by atoms with E-state index in [9.17, 15) is 9.90 Å². The molecule has 5 nitrogen and oxygen atoms in total. The van der Waals surface area contributed by atoms with Crippen molar-refractivity contribution in [1.29, 1.82) is 0 Å². The smallest absolute Gasteiger partial charge is 0.407 e. The minimum Gasteiger partial charge on any atom is -0.444 e. The number of rotatable bonds is 1. The number of amides is 1. The van der Waals surface area contributed by atoms with Crippen molar-refractivity contribution in [2.24, 2.45) is 0 Å². The fraction of sp³-hybridized carbons (Fsp3) is 0.909. The molecule has 2 atom stereocenters. The Morgan fingerprint density at radius 1 is 1.38 bits per heavy atom. The van der Waals surface area contributed by atoms with E-state index in [1.807, 2.05) is 20.8 Å². The molecule has 0 bridgehead atoms. The SMILES string of the molecule is CC(C)(C)OC(=O)N[C@@H]1CC[C@H](O)COC1. The van der Waals surface area contributed by atoms with Gasteiger partial charge in [-0.1, -0.05) is 0 Å². The molecule has 0 radical (unpaired) electrons. The van der Waals surface area contributed by atoms with Crippen molar-refractivity contribution in [3.05, 3.63) is 0 Å². The summed E-state index contributed by atoms with van der Waals surface area (Å²) in [4.78, 5) is 11.5. The minimum absolute atomic E-state index is 0.0769. The minimum atomic E-state index is -0.491. The van der Waals surface area contributed by atoms with E-state index in [1.54, 1.807) is 0 Å². The number of hydrogen-bond donors (Lipinski definition) is 2. The van der Waals surface area contributed by atoms with Crippen molar-refractivity contribution in [1.82, 2.24) is 5.32 Å². The molecule has 1 saturated heterocycles. The van der Waals surface area contributed by atoms with Gasteiger partial charge in [0.2, 0.25) is 0 Å². The quantitative estimate of drug-likeness (QED) is 0.708. The summed E-state index contributed by atoms with van der Waals surface area (Å²) in [6, 6.07) is -0.0769. The first-order valence-corrected chi connectivity index (χ1v) is 5.62. The Morgan fingerprint density at radius 3 is 2.69 bits per heavy atom. The molecule has 94 valence electrons. The summed E-state index contributed by atoms with van der Waals surface area (Å²) >= 11 is 0. The zero-order chi connectivity index (χ0) is 12.2. The van der Waals surface area contributed by atoms with E-state index in [1.165, 1.54) is 0 Å². The predicted molar refractivity (Wildman–Crippen MR) is 59.2 cm³/mol. The van der Waals surface area contributed by atoms with Gasteiger partial charge in [-0.25, -0.2) is 4.79 Å². The van der Waals surface area contributed by atoms with Crippen molar-refractivity contribution in [2.45, 2.75) is 51.4 Å². The molecule has 0 aliphatic carbocycles. The highest BCUT2D eigenvalue weighted by Gasteiger charge is 2.22. The lowest BCUT2D eigenvalue weighted by Crippen LogP contribution is -2.41. The number of alkyl carbamates (subject to hydrolysis) is 1. The zero-order valence-corrected chi connectivity index (χ0v) is 10.2. The molecule has 0 saturated carbocycles. The topological polar surface area (TPSA) is 67.8 Å². The van der Waals surface area contributed by atoms with Crippen LogP contribution in [0.25, 0.3) is 0 Å². The van der Waals surface area contributed by atoms with Crippen LogP contribution < -0.4 is 5.32 Å². The van der Waals surface area contributed by atoms with Crippen molar-refractivity contribution in [2.75, 3.05) is 13.2 Å². The molecular formula is C11H21NO4. The van der Waals surface area contributed by atoms with Crippen molar-refractivity contribution >= 4 is 6.09 Å². The maximum absolute atomic E-state index is 11.5. The molecule has 1 aliphatic rings. The van der Waals surface area contributed by atoms with Gasteiger partial charge in [0.1, 0.15) is 5.60 Å². The predicted octanol–water partition coefficient (Wildman–Crippen LogP) is 1.05. The standard InChI is InChI=1S/C11H21NO4/c1-11(2,3)16-10(14)12-8-4-5-9(13)7-15-6-8/h8-9,13H,4-7H2,1-3H3,(H,12,14)/t8-,9+/m1/s1. The summed E-state index contributed by atoms with van der Waals surface area (Å²) in [5.41, 5.74) is -0.491. The Labute approximate surface area is 96.1 Å². The van der Waals surface area contributed by atoms with E-state index in [-0.39, 0.29) is 6.04 Å². The molecule has 1 heterocycles. The van der Waals surface area contributed by atoms with Crippen LogP contribution in [0.2, 0.25) is 0 Å². The molecule has 0 aromatic heterocycles. The lowest BCUT2D eigenvalue weighted by molar-refractivity contribution is 0.0374. The Balaban J connectivity index is 2.33. The van der Waals surface area contributed by atoms with Crippen LogP contribution in [0.3, 0.4) is 0 Å². The molecule has 5 heteroatoms. The molecular weight excluding hydrogens is 210 g/mol. The fourth-order valence-corrected chi connectivity index (χ4v) is 1.49. The monoisotopic (exact) mass is 231 g/mol. The van der Waals surface area contributed by atoms with Crippen molar-refractivity contribution in [3.63, 3.8) is 0 Å². The maximum atomic E-state index is 11.5. The number of aliphatic hydroxyl groups is 1. The third kappa shape index (κ3) is 5.32.